The standard InChI is InChI=1S/C20H24N6O2/c1-14-15(2)23-24-20(18(14)12-21)22-16-4-6-17(7-5-16)26-10-8-25(9-11-26)13-19(27)28-3/h4-7H,8-11,13H2,1-3H3,(H,22,24). The number of aromatic nitrogens is 2. The number of anilines is 3. The third-order valence-corrected chi connectivity index (χ3v) is 5.01. The number of carbonyl (C=O) groups is 1. The molecule has 1 N–H and O–H groups in total. The van der Waals surface area contributed by atoms with Crippen LogP contribution < -0.4 is 10.2 Å². The normalized spacial score (nSPS) is 14.4. The van der Waals surface area contributed by atoms with Gasteiger partial charge in [0.05, 0.1) is 19.3 Å². The van der Waals surface area contributed by atoms with Crippen molar-refractivity contribution in [3.05, 3.63) is 41.1 Å². The second kappa shape index (κ2) is 8.67. The highest BCUT2D eigenvalue weighted by Crippen LogP contribution is 2.24. The van der Waals surface area contributed by atoms with Crippen molar-refractivity contribution >= 4 is 23.2 Å². The fourth-order valence-electron chi connectivity index (χ4n) is 3.14. The molecule has 0 unspecified atom stereocenters. The van der Waals surface area contributed by atoms with E-state index in [-0.39, 0.29) is 5.97 Å². The minimum atomic E-state index is -0.199. The van der Waals surface area contributed by atoms with E-state index in [0.717, 1.165) is 48.8 Å². The van der Waals surface area contributed by atoms with Crippen LogP contribution in [0.5, 0.6) is 0 Å². The van der Waals surface area contributed by atoms with Gasteiger partial charge in [-0.05, 0) is 43.7 Å². The molecule has 0 spiro atoms. The smallest absolute Gasteiger partial charge is 0.319 e. The molecule has 28 heavy (non-hydrogen) atoms. The summed E-state index contributed by atoms with van der Waals surface area (Å²) in [5.74, 6) is 0.268. The fraction of sp³-hybridized carbons (Fsp3) is 0.400. The number of methoxy groups -OCH3 is 1. The maximum atomic E-state index is 11.4. The lowest BCUT2D eigenvalue weighted by Gasteiger charge is -2.35. The van der Waals surface area contributed by atoms with Gasteiger partial charge in [0.1, 0.15) is 11.6 Å². The van der Waals surface area contributed by atoms with Gasteiger partial charge in [0, 0.05) is 37.6 Å². The fourth-order valence-corrected chi connectivity index (χ4v) is 3.14. The molecule has 0 radical (unpaired) electrons. The number of piperazine rings is 1. The Hall–Kier alpha value is -3.18. The lowest BCUT2D eigenvalue weighted by atomic mass is 10.1. The largest absolute Gasteiger partial charge is 0.468 e. The molecule has 2 heterocycles. The maximum Gasteiger partial charge on any atom is 0.319 e. The van der Waals surface area contributed by atoms with Gasteiger partial charge in [-0.2, -0.15) is 10.4 Å². The molecule has 0 aliphatic carbocycles. The van der Waals surface area contributed by atoms with Crippen molar-refractivity contribution < 1.29 is 9.53 Å². The van der Waals surface area contributed by atoms with Crippen LogP contribution in [0.2, 0.25) is 0 Å². The zero-order valence-corrected chi connectivity index (χ0v) is 16.4. The van der Waals surface area contributed by atoms with E-state index in [1.165, 1.54) is 7.11 Å². The number of carbonyl (C=O) groups excluding carboxylic acids is 1. The highest BCUT2D eigenvalue weighted by Gasteiger charge is 2.19. The number of ether oxygens (including phenoxy) is 1. The molecule has 1 fully saturated rings. The Morgan fingerprint density at radius 2 is 1.86 bits per heavy atom. The van der Waals surface area contributed by atoms with Gasteiger partial charge < -0.3 is 15.0 Å². The molecule has 8 nitrogen and oxygen atoms in total. The number of nitrogens with one attached hydrogen (secondary N) is 1. The number of nitrogens with zero attached hydrogens (tertiary/aromatic N) is 5. The highest BCUT2D eigenvalue weighted by molar-refractivity contribution is 5.71. The van der Waals surface area contributed by atoms with Crippen molar-refractivity contribution in [3.8, 4) is 6.07 Å². The molecule has 1 saturated heterocycles. The van der Waals surface area contributed by atoms with Crippen molar-refractivity contribution in [2.24, 2.45) is 0 Å². The summed E-state index contributed by atoms with van der Waals surface area (Å²) in [5, 5.41) is 20.8. The zero-order chi connectivity index (χ0) is 20.1. The maximum absolute atomic E-state index is 11.4. The Kier molecular flexibility index (Phi) is 6.06. The number of nitriles is 1. The molecule has 0 atom stereocenters. The molecule has 1 aliphatic rings. The lowest BCUT2D eigenvalue weighted by Crippen LogP contribution is -2.48. The van der Waals surface area contributed by atoms with Crippen LogP contribution in [0.25, 0.3) is 0 Å². The molecule has 0 saturated carbocycles. The Morgan fingerprint density at radius 1 is 1.18 bits per heavy atom. The van der Waals surface area contributed by atoms with Gasteiger partial charge in [-0.1, -0.05) is 0 Å². The van der Waals surface area contributed by atoms with E-state index >= 15 is 0 Å². The van der Waals surface area contributed by atoms with E-state index in [4.69, 9.17) is 4.74 Å². The average molecular weight is 380 g/mol. The monoisotopic (exact) mass is 380 g/mol. The van der Waals surface area contributed by atoms with Crippen LogP contribution in [-0.4, -0.2) is 60.9 Å². The van der Waals surface area contributed by atoms with E-state index in [2.05, 4.69) is 31.4 Å². The highest BCUT2D eigenvalue weighted by atomic mass is 16.5. The molecule has 8 heteroatoms. The number of hydrogen-bond donors (Lipinski definition) is 1. The van der Waals surface area contributed by atoms with E-state index in [9.17, 15) is 10.1 Å². The minimum Gasteiger partial charge on any atom is -0.468 e. The second-order valence-corrected chi connectivity index (χ2v) is 6.76. The van der Waals surface area contributed by atoms with Gasteiger partial charge in [-0.25, -0.2) is 0 Å². The molecule has 146 valence electrons. The average Bonchev–Trinajstić information content (AvgIpc) is 2.72. The summed E-state index contributed by atoms with van der Waals surface area (Å²) in [6.45, 7) is 7.39. The Morgan fingerprint density at radius 3 is 2.46 bits per heavy atom. The molecule has 0 amide bonds. The van der Waals surface area contributed by atoms with Crippen LogP contribution in [-0.2, 0) is 9.53 Å². The van der Waals surface area contributed by atoms with Crippen molar-refractivity contribution in [1.82, 2.24) is 15.1 Å². The van der Waals surface area contributed by atoms with Gasteiger partial charge in [0.2, 0.25) is 0 Å². The minimum absolute atomic E-state index is 0.199. The van der Waals surface area contributed by atoms with Crippen LogP contribution in [0, 0.1) is 25.2 Å². The Balaban J connectivity index is 1.63. The molecule has 2 aromatic rings. The van der Waals surface area contributed by atoms with Gasteiger partial charge in [-0.3, -0.25) is 9.69 Å². The first kappa shape index (κ1) is 19.6. The van der Waals surface area contributed by atoms with E-state index < -0.39 is 0 Å². The van der Waals surface area contributed by atoms with Crippen LogP contribution in [0.1, 0.15) is 16.8 Å². The number of hydrogen-bond acceptors (Lipinski definition) is 8. The molecule has 1 aromatic heterocycles. The molecule has 0 bridgehead atoms. The molecule has 1 aliphatic heterocycles. The molecule has 1 aromatic carbocycles. The Bertz CT molecular complexity index is 883. The quantitative estimate of drug-likeness (QED) is 0.787. The van der Waals surface area contributed by atoms with Crippen LogP contribution in [0.4, 0.5) is 17.2 Å². The van der Waals surface area contributed by atoms with E-state index in [1.54, 1.807) is 0 Å². The molecular weight excluding hydrogens is 356 g/mol. The van der Waals surface area contributed by atoms with Crippen molar-refractivity contribution in [2.75, 3.05) is 50.1 Å². The molecule has 3 rings (SSSR count). The van der Waals surface area contributed by atoms with Crippen molar-refractivity contribution in [1.29, 1.82) is 5.26 Å². The molecular formula is C20H24N6O2. The van der Waals surface area contributed by atoms with Crippen molar-refractivity contribution in [2.45, 2.75) is 13.8 Å². The second-order valence-electron chi connectivity index (χ2n) is 6.76. The predicted octanol–water partition coefficient (Wildman–Crippen LogP) is 2.00. The number of esters is 1. The topological polar surface area (TPSA) is 94.4 Å². The van der Waals surface area contributed by atoms with Crippen LogP contribution in [0.15, 0.2) is 24.3 Å². The van der Waals surface area contributed by atoms with Crippen molar-refractivity contribution in [3.63, 3.8) is 0 Å². The van der Waals surface area contributed by atoms with Gasteiger partial charge in [0.25, 0.3) is 0 Å². The van der Waals surface area contributed by atoms with Gasteiger partial charge in [0.15, 0.2) is 5.82 Å². The zero-order valence-electron chi connectivity index (χ0n) is 16.4. The van der Waals surface area contributed by atoms with Crippen LogP contribution >= 0.6 is 0 Å². The van der Waals surface area contributed by atoms with Gasteiger partial charge >= 0.3 is 5.97 Å². The van der Waals surface area contributed by atoms with E-state index in [0.29, 0.717) is 17.9 Å². The van der Waals surface area contributed by atoms with E-state index in [1.807, 2.05) is 38.1 Å². The number of aryl methyl sites for hydroxylation is 1. The summed E-state index contributed by atoms with van der Waals surface area (Å²) in [4.78, 5) is 15.8. The Labute approximate surface area is 164 Å². The first-order valence-electron chi connectivity index (χ1n) is 9.17. The third-order valence-electron chi connectivity index (χ3n) is 5.01. The summed E-state index contributed by atoms with van der Waals surface area (Å²) in [7, 11) is 1.41. The third kappa shape index (κ3) is 4.38. The SMILES string of the molecule is COC(=O)CN1CCN(c2ccc(Nc3nnc(C)c(C)c3C#N)cc2)CC1. The summed E-state index contributed by atoms with van der Waals surface area (Å²) < 4.78 is 4.73. The predicted molar refractivity (Wildman–Crippen MR) is 107 cm³/mol. The summed E-state index contributed by atoms with van der Waals surface area (Å²) in [6, 6.07) is 10.2. The number of rotatable bonds is 5. The summed E-state index contributed by atoms with van der Waals surface area (Å²) >= 11 is 0. The summed E-state index contributed by atoms with van der Waals surface area (Å²) in [5.41, 5.74) is 4.07. The first-order chi connectivity index (χ1) is 13.5. The van der Waals surface area contributed by atoms with Crippen LogP contribution in [0.3, 0.4) is 0 Å². The number of benzene rings is 1. The first-order valence-corrected chi connectivity index (χ1v) is 9.17. The summed E-state index contributed by atoms with van der Waals surface area (Å²) in [6.07, 6.45) is 0. The van der Waals surface area contributed by atoms with Gasteiger partial charge in [-0.15, -0.1) is 5.10 Å². The lowest BCUT2D eigenvalue weighted by molar-refractivity contribution is -0.142.